The summed E-state index contributed by atoms with van der Waals surface area (Å²) in [5.41, 5.74) is 0. The van der Waals surface area contributed by atoms with Gasteiger partial charge in [-0.25, -0.2) is 4.79 Å². The fourth-order valence-corrected chi connectivity index (χ4v) is 2.84. The van der Waals surface area contributed by atoms with Gasteiger partial charge in [-0.05, 0) is 32.1 Å². The van der Waals surface area contributed by atoms with Gasteiger partial charge in [0, 0.05) is 19.2 Å². The van der Waals surface area contributed by atoms with Crippen molar-refractivity contribution >= 4 is 11.9 Å². The molecule has 0 atom stereocenters. The first kappa shape index (κ1) is 13.3. The lowest BCUT2D eigenvalue weighted by molar-refractivity contribution is -0.125. The van der Waals surface area contributed by atoms with Crippen molar-refractivity contribution in [1.29, 1.82) is 0 Å². The van der Waals surface area contributed by atoms with Gasteiger partial charge in [-0.1, -0.05) is 12.8 Å². The maximum atomic E-state index is 12.1. The molecule has 1 aliphatic carbocycles. The topological polar surface area (TPSA) is 60.9 Å². The van der Waals surface area contributed by atoms with Gasteiger partial charge in [-0.3, -0.25) is 9.69 Å². The molecule has 0 radical (unpaired) electrons. The normalized spacial score (nSPS) is 21.4. The number of hydrogen-bond acceptors (Lipinski definition) is 3. The van der Waals surface area contributed by atoms with Crippen molar-refractivity contribution in [3.05, 3.63) is 0 Å². The van der Waals surface area contributed by atoms with E-state index in [1.165, 1.54) is 17.7 Å². The minimum atomic E-state index is -0.101. The number of carbonyl (C=O) groups is 2. The molecule has 0 aromatic rings. The number of unbranched alkanes of at least 4 members (excludes halogenated alkanes) is 2. The van der Waals surface area contributed by atoms with Gasteiger partial charge in [-0.15, -0.1) is 0 Å². The smallest absolute Gasteiger partial charge is 0.327 e. The van der Waals surface area contributed by atoms with Gasteiger partial charge >= 0.3 is 6.03 Å². The van der Waals surface area contributed by atoms with Gasteiger partial charge in [0.05, 0.1) is 0 Å². The van der Waals surface area contributed by atoms with Gasteiger partial charge in [0.25, 0.3) is 0 Å². The van der Waals surface area contributed by atoms with Crippen LogP contribution >= 0.6 is 0 Å². The Hall–Kier alpha value is -1.10. The Morgan fingerprint density at radius 2 is 1.83 bits per heavy atom. The number of imide groups is 1. The third kappa shape index (κ3) is 2.83. The van der Waals surface area contributed by atoms with Crippen LogP contribution in [0.2, 0.25) is 0 Å². The molecule has 1 heterocycles. The van der Waals surface area contributed by atoms with E-state index >= 15 is 0 Å². The Bertz CT molecular complexity index is 313. The first-order chi connectivity index (χ1) is 8.74. The quantitative estimate of drug-likeness (QED) is 0.575. The number of hydrogen-bond donors (Lipinski definition) is 1. The molecular weight excluding hydrogens is 232 g/mol. The van der Waals surface area contributed by atoms with E-state index in [0.717, 1.165) is 32.1 Å². The molecule has 5 nitrogen and oxygen atoms in total. The molecule has 1 aliphatic heterocycles. The number of carbonyl (C=O) groups excluding carboxylic acids is 2. The van der Waals surface area contributed by atoms with Crippen LogP contribution in [0, 0.1) is 0 Å². The molecule has 3 amide bonds. The highest BCUT2D eigenvalue weighted by atomic mass is 16.3. The number of aliphatic hydroxyl groups is 1. The summed E-state index contributed by atoms with van der Waals surface area (Å²) in [5.74, 6) is -0.0594. The van der Waals surface area contributed by atoms with E-state index in [9.17, 15) is 9.59 Å². The Balaban J connectivity index is 1.84. The third-order valence-electron chi connectivity index (χ3n) is 3.89. The average molecular weight is 254 g/mol. The number of nitrogens with zero attached hydrogens (tertiary/aromatic N) is 2. The maximum Gasteiger partial charge on any atom is 0.327 e. The first-order valence-corrected chi connectivity index (χ1v) is 6.96. The summed E-state index contributed by atoms with van der Waals surface area (Å²) in [5, 5.41) is 8.69. The van der Waals surface area contributed by atoms with Crippen LogP contribution in [0.1, 0.15) is 44.9 Å². The second-order valence-corrected chi connectivity index (χ2v) is 5.18. The van der Waals surface area contributed by atoms with Gasteiger partial charge in [0.1, 0.15) is 6.54 Å². The minimum absolute atomic E-state index is 0.0594. The fraction of sp³-hybridized carbons (Fsp3) is 0.846. The lowest BCUT2D eigenvalue weighted by atomic mass is 10.2. The van der Waals surface area contributed by atoms with Crippen molar-refractivity contribution in [2.24, 2.45) is 0 Å². The number of urea groups is 1. The number of rotatable bonds is 6. The van der Waals surface area contributed by atoms with Crippen molar-refractivity contribution in [2.75, 3.05) is 19.7 Å². The molecule has 1 saturated carbocycles. The highest BCUT2D eigenvalue weighted by Gasteiger charge is 2.39. The SMILES string of the molecule is O=C1CN(C2CCCC2)C(=O)N1CCCCCO. The number of amides is 3. The van der Waals surface area contributed by atoms with E-state index in [1.54, 1.807) is 4.90 Å². The third-order valence-corrected chi connectivity index (χ3v) is 3.89. The predicted molar refractivity (Wildman–Crippen MR) is 67.0 cm³/mol. The van der Waals surface area contributed by atoms with Crippen LogP contribution in [-0.4, -0.2) is 52.6 Å². The summed E-state index contributed by atoms with van der Waals surface area (Å²) >= 11 is 0. The Labute approximate surface area is 108 Å². The molecule has 2 rings (SSSR count). The van der Waals surface area contributed by atoms with E-state index < -0.39 is 0 Å². The van der Waals surface area contributed by atoms with E-state index in [0.29, 0.717) is 6.54 Å². The van der Waals surface area contributed by atoms with Crippen LogP contribution < -0.4 is 0 Å². The van der Waals surface area contributed by atoms with E-state index in [1.807, 2.05) is 0 Å². The van der Waals surface area contributed by atoms with Crippen molar-refractivity contribution in [3.63, 3.8) is 0 Å². The Morgan fingerprint density at radius 3 is 2.50 bits per heavy atom. The molecule has 1 N–H and O–H groups in total. The second kappa shape index (κ2) is 6.18. The van der Waals surface area contributed by atoms with Crippen LogP contribution in [0.25, 0.3) is 0 Å². The largest absolute Gasteiger partial charge is 0.396 e. The zero-order valence-electron chi connectivity index (χ0n) is 10.8. The highest BCUT2D eigenvalue weighted by molar-refractivity contribution is 6.02. The standard InChI is InChI=1S/C13H22N2O3/c16-9-5-1-4-8-14-12(17)10-15(13(14)18)11-6-2-3-7-11/h11,16H,1-10H2. The summed E-state index contributed by atoms with van der Waals surface area (Å²) in [4.78, 5) is 27.1. The summed E-state index contributed by atoms with van der Waals surface area (Å²) in [6, 6.07) is 0.180. The predicted octanol–water partition coefficient (Wildman–Crippen LogP) is 1.36. The lowest BCUT2D eigenvalue weighted by Crippen LogP contribution is -2.38. The van der Waals surface area contributed by atoms with Crippen LogP contribution in [-0.2, 0) is 4.79 Å². The molecule has 0 spiro atoms. The first-order valence-electron chi connectivity index (χ1n) is 6.96. The average Bonchev–Trinajstić information content (AvgIpc) is 2.96. The van der Waals surface area contributed by atoms with E-state index in [-0.39, 0.29) is 31.1 Å². The summed E-state index contributed by atoms with van der Waals surface area (Å²) in [7, 11) is 0. The summed E-state index contributed by atoms with van der Waals surface area (Å²) < 4.78 is 0. The van der Waals surface area contributed by atoms with Crippen LogP contribution in [0.5, 0.6) is 0 Å². The minimum Gasteiger partial charge on any atom is -0.396 e. The van der Waals surface area contributed by atoms with Crippen molar-refractivity contribution < 1.29 is 14.7 Å². The van der Waals surface area contributed by atoms with Gasteiger partial charge < -0.3 is 10.0 Å². The van der Waals surface area contributed by atoms with Crippen molar-refractivity contribution in [2.45, 2.75) is 51.0 Å². The molecule has 0 aromatic heterocycles. The molecular formula is C13H22N2O3. The van der Waals surface area contributed by atoms with Crippen LogP contribution in [0.3, 0.4) is 0 Å². The molecule has 1 saturated heterocycles. The summed E-state index contributed by atoms with van der Waals surface area (Å²) in [6.45, 7) is 0.945. The van der Waals surface area contributed by atoms with Gasteiger partial charge in [-0.2, -0.15) is 0 Å². The highest BCUT2D eigenvalue weighted by Crippen LogP contribution is 2.27. The molecule has 102 valence electrons. The molecule has 0 aromatic carbocycles. The summed E-state index contributed by atoms with van der Waals surface area (Å²) in [6.07, 6.45) is 6.79. The molecule has 18 heavy (non-hydrogen) atoms. The van der Waals surface area contributed by atoms with Crippen molar-refractivity contribution in [1.82, 2.24) is 9.80 Å². The molecule has 5 heteroatoms. The van der Waals surface area contributed by atoms with Crippen LogP contribution in [0.15, 0.2) is 0 Å². The van der Waals surface area contributed by atoms with E-state index in [4.69, 9.17) is 5.11 Å². The monoisotopic (exact) mass is 254 g/mol. The maximum absolute atomic E-state index is 12.1. The van der Waals surface area contributed by atoms with Gasteiger partial charge in [0.15, 0.2) is 0 Å². The molecule has 2 fully saturated rings. The number of aliphatic hydroxyl groups excluding tert-OH is 1. The molecule has 0 unspecified atom stereocenters. The van der Waals surface area contributed by atoms with Gasteiger partial charge in [0.2, 0.25) is 5.91 Å². The molecule has 0 bridgehead atoms. The second-order valence-electron chi connectivity index (χ2n) is 5.18. The zero-order chi connectivity index (χ0) is 13.0. The Kier molecular flexibility index (Phi) is 4.58. The fourth-order valence-electron chi connectivity index (χ4n) is 2.84. The molecule has 2 aliphatic rings. The Morgan fingerprint density at radius 1 is 1.11 bits per heavy atom. The van der Waals surface area contributed by atoms with Crippen molar-refractivity contribution in [3.8, 4) is 0 Å². The lowest BCUT2D eigenvalue weighted by Gasteiger charge is -2.22. The zero-order valence-corrected chi connectivity index (χ0v) is 10.8. The van der Waals surface area contributed by atoms with Crippen LogP contribution in [0.4, 0.5) is 4.79 Å². The van der Waals surface area contributed by atoms with E-state index in [2.05, 4.69) is 0 Å².